The molecule has 0 bridgehead atoms. The van der Waals surface area contributed by atoms with E-state index < -0.39 is 18.2 Å². The summed E-state index contributed by atoms with van der Waals surface area (Å²) >= 11 is 0. The molecule has 3 heterocycles. The SMILES string of the molecule is NCc1ccc(OC(F)(F)F)cc1.O=C1COc2ccc(CNC(=O)c3ncnc4c(C(=O)O)c[nH]c34)cc2N1. The fraction of sp³-hybridized carbons (Fsp3) is 0.160. The van der Waals surface area contributed by atoms with Crippen molar-refractivity contribution in [2.24, 2.45) is 5.73 Å². The molecular formula is C25H21F3N6O6. The summed E-state index contributed by atoms with van der Waals surface area (Å²) in [5, 5.41) is 14.6. The zero-order chi connectivity index (χ0) is 28.9. The molecule has 1 aliphatic rings. The second kappa shape index (κ2) is 11.7. The highest BCUT2D eigenvalue weighted by Gasteiger charge is 2.30. The highest BCUT2D eigenvalue weighted by atomic mass is 19.4. The molecule has 0 fully saturated rings. The number of carboxylic acid groups (broad SMARTS) is 1. The van der Waals surface area contributed by atoms with E-state index in [4.69, 9.17) is 15.6 Å². The molecule has 1 aliphatic heterocycles. The van der Waals surface area contributed by atoms with Crippen molar-refractivity contribution in [2.75, 3.05) is 11.9 Å². The number of anilines is 1. The summed E-state index contributed by atoms with van der Waals surface area (Å²) in [6.45, 7) is 0.452. The number of alkyl halides is 3. The van der Waals surface area contributed by atoms with Gasteiger partial charge in [0.15, 0.2) is 12.3 Å². The van der Waals surface area contributed by atoms with E-state index in [0.717, 1.165) is 17.5 Å². The molecule has 2 amide bonds. The lowest BCUT2D eigenvalue weighted by Crippen LogP contribution is -2.26. The van der Waals surface area contributed by atoms with Crippen molar-refractivity contribution < 1.29 is 42.1 Å². The van der Waals surface area contributed by atoms with Gasteiger partial charge in [-0.3, -0.25) is 9.59 Å². The molecule has 0 spiro atoms. The summed E-state index contributed by atoms with van der Waals surface area (Å²) in [5.74, 6) is -1.55. The number of H-pyrrole nitrogens is 1. The second-order valence-corrected chi connectivity index (χ2v) is 8.20. The van der Waals surface area contributed by atoms with Gasteiger partial charge >= 0.3 is 12.3 Å². The lowest BCUT2D eigenvalue weighted by molar-refractivity contribution is -0.274. The maximum absolute atomic E-state index is 12.5. The van der Waals surface area contributed by atoms with E-state index in [1.165, 1.54) is 30.5 Å². The van der Waals surface area contributed by atoms with Crippen LogP contribution in [0.1, 0.15) is 32.0 Å². The van der Waals surface area contributed by atoms with Gasteiger partial charge in [-0.15, -0.1) is 13.2 Å². The van der Waals surface area contributed by atoms with Crippen molar-refractivity contribution in [1.29, 1.82) is 0 Å². The third kappa shape index (κ3) is 6.82. The number of nitrogens with zero attached hydrogens (tertiary/aromatic N) is 2. The largest absolute Gasteiger partial charge is 0.573 e. The van der Waals surface area contributed by atoms with Crippen LogP contribution in [0, 0.1) is 0 Å². The molecule has 208 valence electrons. The van der Waals surface area contributed by atoms with Gasteiger partial charge in [0, 0.05) is 19.3 Å². The highest BCUT2D eigenvalue weighted by Crippen LogP contribution is 2.28. The Morgan fingerprint density at radius 3 is 2.52 bits per heavy atom. The van der Waals surface area contributed by atoms with Crippen LogP contribution in [0.3, 0.4) is 0 Å². The molecule has 0 saturated heterocycles. The van der Waals surface area contributed by atoms with Crippen molar-refractivity contribution in [3.63, 3.8) is 0 Å². The Morgan fingerprint density at radius 2 is 1.85 bits per heavy atom. The van der Waals surface area contributed by atoms with Gasteiger partial charge < -0.3 is 35.9 Å². The van der Waals surface area contributed by atoms with Crippen LogP contribution < -0.4 is 25.8 Å². The van der Waals surface area contributed by atoms with Crippen LogP contribution in [-0.2, 0) is 17.9 Å². The average Bonchev–Trinajstić information content (AvgIpc) is 3.36. The molecule has 0 radical (unpaired) electrons. The van der Waals surface area contributed by atoms with Crippen molar-refractivity contribution >= 4 is 34.5 Å². The molecule has 0 atom stereocenters. The Hall–Kier alpha value is -5.18. The Morgan fingerprint density at radius 1 is 1.12 bits per heavy atom. The van der Waals surface area contributed by atoms with E-state index in [9.17, 15) is 27.6 Å². The number of aromatic carboxylic acids is 1. The van der Waals surface area contributed by atoms with E-state index in [-0.39, 0.29) is 47.1 Å². The smallest absolute Gasteiger partial charge is 0.482 e. The predicted molar refractivity (Wildman–Crippen MR) is 134 cm³/mol. The van der Waals surface area contributed by atoms with E-state index in [2.05, 4.69) is 30.3 Å². The molecule has 15 heteroatoms. The number of amides is 2. The quantitative estimate of drug-likeness (QED) is 0.238. The summed E-state index contributed by atoms with van der Waals surface area (Å²) in [6.07, 6.45) is -2.22. The van der Waals surface area contributed by atoms with Crippen LogP contribution in [0.4, 0.5) is 18.9 Å². The predicted octanol–water partition coefficient (Wildman–Crippen LogP) is 2.96. The number of aromatic amines is 1. The number of aromatic nitrogens is 3. The summed E-state index contributed by atoms with van der Waals surface area (Å²) < 4.78 is 44.0. The summed E-state index contributed by atoms with van der Waals surface area (Å²) in [6, 6.07) is 10.6. The minimum absolute atomic E-state index is 0.0265. The first-order valence-electron chi connectivity index (χ1n) is 11.5. The molecule has 2 aromatic carbocycles. The number of carbonyl (C=O) groups is 3. The molecule has 40 heavy (non-hydrogen) atoms. The maximum atomic E-state index is 12.5. The van der Waals surface area contributed by atoms with Crippen LogP contribution in [-0.4, -0.2) is 50.8 Å². The van der Waals surface area contributed by atoms with Gasteiger partial charge in [0.25, 0.3) is 11.8 Å². The normalized spacial score (nSPS) is 12.3. The molecule has 6 N–H and O–H groups in total. The summed E-state index contributed by atoms with van der Waals surface area (Å²) in [5.41, 5.74) is 7.73. The zero-order valence-corrected chi connectivity index (χ0v) is 20.4. The first-order chi connectivity index (χ1) is 19.0. The number of benzene rings is 2. The summed E-state index contributed by atoms with van der Waals surface area (Å²) in [4.78, 5) is 45.7. The van der Waals surface area contributed by atoms with Crippen molar-refractivity contribution in [3.8, 4) is 11.5 Å². The molecule has 2 aromatic heterocycles. The van der Waals surface area contributed by atoms with E-state index >= 15 is 0 Å². The van der Waals surface area contributed by atoms with E-state index in [0.29, 0.717) is 18.0 Å². The number of nitrogens with one attached hydrogen (secondary N) is 3. The number of carbonyl (C=O) groups excluding carboxylic acids is 2. The Balaban J connectivity index is 0.000000240. The highest BCUT2D eigenvalue weighted by molar-refractivity contribution is 6.08. The average molecular weight is 558 g/mol. The van der Waals surface area contributed by atoms with Gasteiger partial charge in [-0.1, -0.05) is 18.2 Å². The number of hydrogen-bond donors (Lipinski definition) is 5. The second-order valence-electron chi connectivity index (χ2n) is 8.20. The molecule has 0 aliphatic carbocycles. The molecule has 4 aromatic rings. The minimum Gasteiger partial charge on any atom is -0.482 e. The Labute approximate surface area is 223 Å². The Kier molecular flexibility index (Phi) is 8.14. The van der Waals surface area contributed by atoms with Gasteiger partial charge in [-0.25, -0.2) is 14.8 Å². The molecule has 5 rings (SSSR count). The first kappa shape index (κ1) is 27.8. The van der Waals surface area contributed by atoms with Crippen molar-refractivity contribution in [2.45, 2.75) is 19.5 Å². The number of fused-ring (bicyclic) bond motifs is 2. The van der Waals surface area contributed by atoms with Crippen molar-refractivity contribution in [1.82, 2.24) is 20.3 Å². The van der Waals surface area contributed by atoms with Gasteiger partial charge in [-0.05, 0) is 35.4 Å². The molecule has 12 nitrogen and oxygen atoms in total. The molecular weight excluding hydrogens is 537 g/mol. The number of nitrogens with two attached hydrogens (primary N) is 1. The van der Waals surface area contributed by atoms with Crippen LogP contribution in [0.5, 0.6) is 11.5 Å². The third-order valence-electron chi connectivity index (χ3n) is 5.43. The molecule has 0 saturated carbocycles. The third-order valence-corrected chi connectivity index (χ3v) is 5.43. The zero-order valence-electron chi connectivity index (χ0n) is 20.4. The number of rotatable bonds is 6. The lowest BCUT2D eigenvalue weighted by Gasteiger charge is -2.18. The Bertz CT molecular complexity index is 1560. The monoisotopic (exact) mass is 558 g/mol. The van der Waals surface area contributed by atoms with Crippen LogP contribution in [0.25, 0.3) is 11.0 Å². The fourth-order valence-corrected chi connectivity index (χ4v) is 3.61. The number of halogens is 3. The topological polar surface area (TPSA) is 182 Å². The number of ether oxygens (including phenoxy) is 2. The van der Waals surface area contributed by atoms with Crippen LogP contribution in [0.2, 0.25) is 0 Å². The van der Waals surface area contributed by atoms with Gasteiger partial charge in [0.1, 0.15) is 28.9 Å². The lowest BCUT2D eigenvalue weighted by atomic mass is 10.1. The van der Waals surface area contributed by atoms with Crippen LogP contribution in [0.15, 0.2) is 55.0 Å². The van der Waals surface area contributed by atoms with Crippen LogP contribution >= 0.6 is 0 Å². The first-order valence-corrected chi connectivity index (χ1v) is 11.5. The minimum atomic E-state index is -4.63. The fourth-order valence-electron chi connectivity index (χ4n) is 3.61. The number of carboxylic acids is 1. The van der Waals surface area contributed by atoms with Gasteiger partial charge in [0.2, 0.25) is 0 Å². The van der Waals surface area contributed by atoms with E-state index in [1.807, 2.05) is 0 Å². The van der Waals surface area contributed by atoms with Crippen molar-refractivity contribution in [3.05, 3.63) is 77.4 Å². The van der Waals surface area contributed by atoms with Gasteiger partial charge in [-0.2, -0.15) is 0 Å². The summed E-state index contributed by atoms with van der Waals surface area (Å²) in [7, 11) is 0. The standard InChI is InChI=1S/C17H13N5O5.C8H8F3NO/c23-12-6-27-11-2-1-8(3-10(11)22-12)4-19-16(24)15-14-13(20-7-21-15)9(5-18-14)17(25)26;9-8(10,11)13-7-3-1-6(5-12)2-4-7/h1-3,5,7,18H,4,6H2,(H,19,24)(H,22,23)(H,25,26);1-4H,5,12H2. The van der Waals surface area contributed by atoms with E-state index in [1.54, 1.807) is 18.2 Å². The molecule has 0 unspecified atom stereocenters. The number of hydrogen-bond acceptors (Lipinski definition) is 8. The maximum Gasteiger partial charge on any atom is 0.573 e. The van der Waals surface area contributed by atoms with Gasteiger partial charge in [0.05, 0.1) is 11.2 Å².